The van der Waals surface area contributed by atoms with E-state index >= 15 is 0 Å². The standard InChI is InChI=1S/C23H30O5/c1-16(2)7-5-8-17(3)9-6-10-18(4)11-12-28-23-21(26)13-19(14-24)20(15-25)22(23)27/h7,9,11,13-15,26-27H,5-6,8,10,12H2,1-4H3. The molecular formula is C23H30O5. The van der Waals surface area contributed by atoms with E-state index in [4.69, 9.17) is 4.74 Å². The van der Waals surface area contributed by atoms with Crippen molar-refractivity contribution in [3.8, 4) is 17.2 Å². The molecule has 0 amide bonds. The van der Waals surface area contributed by atoms with Crippen LogP contribution in [0.3, 0.4) is 0 Å². The number of hydrogen-bond acceptors (Lipinski definition) is 5. The second-order valence-corrected chi connectivity index (χ2v) is 7.08. The molecule has 0 bridgehead atoms. The summed E-state index contributed by atoms with van der Waals surface area (Å²) in [6, 6.07) is 1.10. The Morgan fingerprint density at radius 3 is 2.11 bits per heavy atom. The van der Waals surface area contributed by atoms with Gasteiger partial charge in [-0.05, 0) is 65.5 Å². The molecule has 0 fully saturated rings. The smallest absolute Gasteiger partial charge is 0.204 e. The number of aldehydes is 2. The molecule has 0 aliphatic heterocycles. The summed E-state index contributed by atoms with van der Waals surface area (Å²) in [5, 5.41) is 20.0. The number of benzene rings is 1. The number of ether oxygens (including phenoxy) is 1. The zero-order valence-corrected chi connectivity index (χ0v) is 17.1. The van der Waals surface area contributed by atoms with Crippen LogP contribution in [0.2, 0.25) is 0 Å². The van der Waals surface area contributed by atoms with Gasteiger partial charge in [0, 0.05) is 5.56 Å². The lowest BCUT2D eigenvalue weighted by Gasteiger charge is -2.11. The average molecular weight is 386 g/mol. The quantitative estimate of drug-likeness (QED) is 0.386. The molecule has 0 aliphatic carbocycles. The number of carbonyl (C=O) groups excluding carboxylic acids is 2. The van der Waals surface area contributed by atoms with Crippen LogP contribution < -0.4 is 4.74 Å². The van der Waals surface area contributed by atoms with E-state index in [2.05, 4.69) is 32.9 Å². The Balaban J connectivity index is 2.60. The van der Waals surface area contributed by atoms with Crippen LogP contribution in [0.15, 0.2) is 41.0 Å². The topological polar surface area (TPSA) is 83.8 Å². The molecule has 0 atom stereocenters. The van der Waals surface area contributed by atoms with Gasteiger partial charge >= 0.3 is 0 Å². The minimum absolute atomic E-state index is 0.0872. The summed E-state index contributed by atoms with van der Waals surface area (Å²) >= 11 is 0. The van der Waals surface area contributed by atoms with Crippen molar-refractivity contribution in [1.82, 2.24) is 0 Å². The van der Waals surface area contributed by atoms with Crippen LogP contribution in [0.1, 0.15) is 74.1 Å². The van der Waals surface area contributed by atoms with Gasteiger partial charge in [-0.2, -0.15) is 0 Å². The first-order valence-electron chi connectivity index (χ1n) is 9.36. The van der Waals surface area contributed by atoms with Gasteiger partial charge < -0.3 is 14.9 Å². The summed E-state index contributed by atoms with van der Waals surface area (Å²) < 4.78 is 5.41. The van der Waals surface area contributed by atoms with Gasteiger partial charge in [0.15, 0.2) is 24.1 Å². The van der Waals surface area contributed by atoms with Gasteiger partial charge in [0.25, 0.3) is 0 Å². The Hall–Kier alpha value is -2.82. The number of aromatic hydroxyl groups is 2. The normalized spacial score (nSPS) is 11.9. The molecule has 0 heterocycles. The molecule has 5 nitrogen and oxygen atoms in total. The molecule has 1 aromatic rings. The predicted octanol–water partition coefficient (Wildman–Crippen LogP) is 5.52. The van der Waals surface area contributed by atoms with Crippen molar-refractivity contribution in [2.45, 2.75) is 53.4 Å². The minimum Gasteiger partial charge on any atom is -0.504 e. The van der Waals surface area contributed by atoms with Crippen LogP contribution in [0.4, 0.5) is 0 Å². The Labute approximate surface area is 167 Å². The lowest BCUT2D eigenvalue weighted by molar-refractivity contribution is 0.109. The highest BCUT2D eigenvalue weighted by Crippen LogP contribution is 2.39. The molecule has 5 heteroatoms. The third-order valence-corrected chi connectivity index (χ3v) is 4.33. The van der Waals surface area contributed by atoms with Crippen molar-refractivity contribution < 1.29 is 24.5 Å². The van der Waals surface area contributed by atoms with Crippen LogP contribution in [-0.2, 0) is 0 Å². The summed E-state index contributed by atoms with van der Waals surface area (Å²) in [6.45, 7) is 8.47. The SMILES string of the molecule is CC(C)=CCCC(C)=CCCC(C)=CCOc1c(O)cc(C=O)c(C=O)c1O. The highest BCUT2D eigenvalue weighted by molar-refractivity contribution is 5.95. The second kappa shape index (κ2) is 11.8. The third kappa shape index (κ3) is 7.43. The van der Waals surface area contributed by atoms with Crippen molar-refractivity contribution in [3.05, 3.63) is 52.1 Å². The predicted molar refractivity (Wildman–Crippen MR) is 111 cm³/mol. The molecule has 0 aliphatic rings. The van der Waals surface area contributed by atoms with Crippen molar-refractivity contribution in [2.75, 3.05) is 6.61 Å². The van der Waals surface area contributed by atoms with E-state index in [9.17, 15) is 19.8 Å². The Morgan fingerprint density at radius 1 is 0.929 bits per heavy atom. The van der Waals surface area contributed by atoms with E-state index in [1.54, 1.807) is 0 Å². The van der Waals surface area contributed by atoms with Gasteiger partial charge in [-0.25, -0.2) is 0 Å². The first-order chi connectivity index (χ1) is 13.3. The number of allylic oxidation sites excluding steroid dienone is 5. The third-order valence-electron chi connectivity index (χ3n) is 4.33. The fourth-order valence-electron chi connectivity index (χ4n) is 2.64. The first kappa shape index (κ1) is 23.2. The van der Waals surface area contributed by atoms with Crippen molar-refractivity contribution in [2.24, 2.45) is 0 Å². The molecule has 0 saturated heterocycles. The maximum atomic E-state index is 11.0. The molecule has 0 spiro atoms. The highest BCUT2D eigenvalue weighted by Gasteiger charge is 2.17. The molecule has 1 aromatic carbocycles. The van der Waals surface area contributed by atoms with E-state index in [0.717, 1.165) is 37.3 Å². The largest absolute Gasteiger partial charge is 0.504 e. The molecular weight excluding hydrogens is 356 g/mol. The van der Waals surface area contributed by atoms with E-state index < -0.39 is 5.75 Å². The maximum Gasteiger partial charge on any atom is 0.204 e. The van der Waals surface area contributed by atoms with Crippen LogP contribution in [0.25, 0.3) is 0 Å². The Bertz CT molecular complexity index is 781. The highest BCUT2D eigenvalue weighted by atomic mass is 16.5. The van der Waals surface area contributed by atoms with E-state index in [1.165, 1.54) is 11.1 Å². The first-order valence-corrected chi connectivity index (χ1v) is 9.36. The van der Waals surface area contributed by atoms with Crippen LogP contribution in [-0.4, -0.2) is 29.4 Å². The zero-order chi connectivity index (χ0) is 21.1. The van der Waals surface area contributed by atoms with Crippen LogP contribution in [0.5, 0.6) is 17.2 Å². The fraction of sp³-hybridized carbons (Fsp3) is 0.391. The van der Waals surface area contributed by atoms with Gasteiger partial charge in [-0.1, -0.05) is 28.9 Å². The van der Waals surface area contributed by atoms with Crippen molar-refractivity contribution in [1.29, 1.82) is 0 Å². The lowest BCUT2D eigenvalue weighted by atomic mass is 10.1. The summed E-state index contributed by atoms with van der Waals surface area (Å²) in [5.41, 5.74) is 3.54. The van der Waals surface area contributed by atoms with Gasteiger partial charge in [-0.15, -0.1) is 0 Å². The monoisotopic (exact) mass is 386 g/mol. The molecule has 28 heavy (non-hydrogen) atoms. The molecule has 0 radical (unpaired) electrons. The molecule has 1 rings (SSSR count). The summed E-state index contributed by atoms with van der Waals surface area (Å²) in [7, 11) is 0. The molecule has 2 N–H and O–H groups in total. The average Bonchev–Trinajstić information content (AvgIpc) is 2.63. The summed E-state index contributed by atoms with van der Waals surface area (Å²) in [6.07, 6.45) is 11.0. The maximum absolute atomic E-state index is 11.0. The fourth-order valence-corrected chi connectivity index (χ4v) is 2.64. The molecule has 152 valence electrons. The van der Waals surface area contributed by atoms with Crippen LogP contribution in [0, 0.1) is 0 Å². The van der Waals surface area contributed by atoms with Crippen molar-refractivity contribution in [3.63, 3.8) is 0 Å². The Kier molecular flexibility index (Phi) is 9.79. The summed E-state index contributed by atoms with van der Waals surface area (Å²) in [5.74, 6) is -1.11. The number of phenolic OH excluding ortho intramolecular Hbond substituents is 2. The number of carbonyl (C=O) groups is 2. The van der Waals surface area contributed by atoms with Gasteiger partial charge in [-0.3, -0.25) is 9.59 Å². The van der Waals surface area contributed by atoms with Gasteiger partial charge in [0.1, 0.15) is 6.61 Å². The number of rotatable bonds is 11. The molecule has 0 aromatic heterocycles. The van der Waals surface area contributed by atoms with E-state index in [1.807, 2.05) is 13.0 Å². The van der Waals surface area contributed by atoms with Crippen LogP contribution >= 0.6 is 0 Å². The number of hydrogen-bond donors (Lipinski definition) is 2. The minimum atomic E-state index is -0.530. The summed E-state index contributed by atoms with van der Waals surface area (Å²) in [4.78, 5) is 22.0. The van der Waals surface area contributed by atoms with Gasteiger partial charge in [0.2, 0.25) is 5.75 Å². The van der Waals surface area contributed by atoms with Crippen molar-refractivity contribution >= 4 is 12.6 Å². The zero-order valence-electron chi connectivity index (χ0n) is 17.1. The molecule has 0 saturated carbocycles. The number of phenols is 2. The molecule has 0 unspecified atom stereocenters. The second-order valence-electron chi connectivity index (χ2n) is 7.08. The van der Waals surface area contributed by atoms with E-state index in [-0.39, 0.29) is 29.2 Å². The Morgan fingerprint density at radius 2 is 1.54 bits per heavy atom. The van der Waals surface area contributed by atoms with Gasteiger partial charge in [0.05, 0.1) is 5.56 Å². The van der Waals surface area contributed by atoms with E-state index in [0.29, 0.717) is 12.6 Å². The lowest BCUT2D eigenvalue weighted by Crippen LogP contribution is -2.00.